The summed E-state index contributed by atoms with van der Waals surface area (Å²) in [5.41, 5.74) is 2.98. The van der Waals surface area contributed by atoms with Gasteiger partial charge in [0.1, 0.15) is 0 Å². The molecule has 1 aliphatic rings. The second kappa shape index (κ2) is 10.0. The number of ether oxygens (including phenoxy) is 2. The minimum Gasteiger partial charge on any atom is -0.493 e. The lowest BCUT2D eigenvalue weighted by Gasteiger charge is -2.25. The zero-order valence-electron chi connectivity index (χ0n) is 17.5. The number of nitrogens with zero attached hydrogens (tertiary/aromatic N) is 1. The van der Waals surface area contributed by atoms with Gasteiger partial charge in [-0.15, -0.1) is 0 Å². The van der Waals surface area contributed by atoms with Gasteiger partial charge in [0.05, 0.1) is 36.6 Å². The topological polar surface area (TPSA) is 100 Å². The fourth-order valence-electron chi connectivity index (χ4n) is 3.26. The molecular formula is C23H23N3O4S. The van der Waals surface area contributed by atoms with Crippen molar-refractivity contribution in [2.45, 2.75) is 19.3 Å². The van der Waals surface area contributed by atoms with Crippen molar-refractivity contribution in [3.8, 4) is 17.6 Å². The van der Waals surface area contributed by atoms with Gasteiger partial charge < -0.3 is 20.1 Å². The van der Waals surface area contributed by atoms with Crippen LogP contribution in [-0.4, -0.2) is 31.8 Å². The number of hydrogen-bond acceptors (Lipinski definition) is 6. The van der Waals surface area contributed by atoms with Crippen LogP contribution in [0.5, 0.6) is 11.5 Å². The van der Waals surface area contributed by atoms with E-state index >= 15 is 0 Å². The van der Waals surface area contributed by atoms with Gasteiger partial charge in [0.25, 0.3) is 0 Å². The van der Waals surface area contributed by atoms with E-state index in [0.29, 0.717) is 27.8 Å². The highest BCUT2D eigenvalue weighted by Crippen LogP contribution is 2.39. The fraction of sp³-hybridized carbons (Fsp3) is 0.261. The summed E-state index contributed by atoms with van der Waals surface area (Å²) in [5, 5.41) is 15.8. The number of rotatable bonds is 7. The predicted octanol–water partition coefficient (Wildman–Crippen LogP) is 3.72. The number of amides is 2. The number of carbonyl (C=O) groups excluding carboxylic acids is 2. The van der Waals surface area contributed by atoms with E-state index in [1.807, 2.05) is 37.3 Å². The molecule has 2 aromatic rings. The molecule has 31 heavy (non-hydrogen) atoms. The van der Waals surface area contributed by atoms with Crippen molar-refractivity contribution in [1.29, 1.82) is 5.26 Å². The SMILES string of the molecule is COc1ccc(C2CC(=O)NC(SCC(=O)Nc3ccc(C)cc3)=C2C#N)cc1OC. The van der Waals surface area contributed by atoms with E-state index in [0.717, 1.165) is 22.9 Å². The Kier molecular flexibility index (Phi) is 7.21. The molecule has 0 bridgehead atoms. The van der Waals surface area contributed by atoms with Gasteiger partial charge in [-0.25, -0.2) is 0 Å². The molecule has 0 aromatic heterocycles. The molecule has 2 amide bonds. The van der Waals surface area contributed by atoms with Gasteiger partial charge >= 0.3 is 0 Å². The summed E-state index contributed by atoms with van der Waals surface area (Å²) in [7, 11) is 3.08. The molecular weight excluding hydrogens is 414 g/mol. The Hall–Kier alpha value is -3.44. The number of nitrogens with one attached hydrogen (secondary N) is 2. The molecule has 0 fully saturated rings. The molecule has 1 unspecified atom stereocenters. The minimum absolute atomic E-state index is 0.0628. The Morgan fingerprint density at radius 2 is 1.90 bits per heavy atom. The van der Waals surface area contributed by atoms with Crippen molar-refractivity contribution in [3.05, 3.63) is 64.2 Å². The first-order valence-electron chi connectivity index (χ1n) is 9.60. The van der Waals surface area contributed by atoms with Crippen LogP contribution >= 0.6 is 11.8 Å². The van der Waals surface area contributed by atoms with E-state index in [1.165, 1.54) is 7.11 Å². The third kappa shape index (κ3) is 5.38. The van der Waals surface area contributed by atoms with Gasteiger partial charge in [0.15, 0.2) is 11.5 Å². The maximum absolute atomic E-state index is 12.3. The number of nitriles is 1. The first-order chi connectivity index (χ1) is 14.9. The van der Waals surface area contributed by atoms with Crippen molar-refractivity contribution >= 4 is 29.3 Å². The third-order valence-corrected chi connectivity index (χ3v) is 5.87. The summed E-state index contributed by atoms with van der Waals surface area (Å²) >= 11 is 1.14. The van der Waals surface area contributed by atoms with Gasteiger partial charge in [-0.05, 0) is 36.8 Å². The predicted molar refractivity (Wildman–Crippen MR) is 120 cm³/mol. The van der Waals surface area contributed by atoms with Crippen LogP contribution < -0.4 is 20.1 Å². The number of allylic oxidation sites excluding steroid dienone is 1. The first-order valence-corrected chi connectivity index (χ1v) is 10.6. The van der Waals surface area contributed by atoms with Gasteiger partial charge in [-0.3, -0.25) is 9.59 Å². The maximum atomic E-state index is 12.3. The molecule has 1 aliphatic heterocycles. The van der Waals surface area contributed by atoms with Gasteiger partial charge in [0, 0.05) is 18.0 Å². The van der Waals surface area contributed by atoms with Crippen molar-refractivity contribution in [3.63, 3.8) is 0 Å². The van der Waals surface area contributed by atoms with E-state index in [-0.39, 0.29) is 24.0 Å². The third-order valence-electron chi connectivity index (χ3n) is 4.85. The molecule has 1 heterocycles. The highest BCUT2D eigenvalue weighted by molar-refractivity contribution is 8.03. The summed E-state index contributed by atoms with van der Waals surface area (Å²) in [5.74, 6) is 0.293. The summed E-state index contributed by atoms with van der Waals surface area (Å²) < 4.78 is 10.6. The number of carbonyl (C=O) groups is 2. The largest absolute Gasteiger partial charge is 0.493 e. The standard InChI is InChI=1S/C23H23N3O4S/c1-14-4-7-16(8-5-14)25-22(28)13-31-23-18(12-24)17(11-21(27)26-23)15-6-9-19(29-2)20(10-15)30-3/h4-10,17H,11,13H2,1-3H3,(H,25,28)(H,26,27). The second-order valence-corrected chi connectivity index (χ2v) is 7.96. The first kappa shape index (κ1) is 22.2. The maximum Gasteiger partial charge on any atom is 0.234 e. The van der Waals surface area contributed by atoms with Crippen LogP contribution in [0.1, 0.15) is 23.5 Å². The number of methoxy groups -OCH3 is 2. The highest BCUT2D eigenvalue weighted by Gasteiger charge is 2.30. The van der Waals surface area contributed by atoms with Crippen LogP contribution in [0.2, 0.25) is 0 Å². The summed E-state index contributed by atoms with van der Waals surface area (Å²) in [4.78, 5) is 24.7. The number of hydrogen-bond donors (Lipinski definition) is 2. The van der Waals surface area contributed by atoms with Crippen LogP contribution in [0.15, 0.2) is 53.1 Å². The van der Waals surface area contributed by atoms with Gasteiger partial charge in [-0.2, -0.15) is 5.26 Å². The molecule has 2 N–H and O–H groups in total. The molecule has 0 saturated heterocycles. The average Bonchev–Trinajstić information content (AvgIpc) is 2.78. The highest BCUT2D eigenvalue weighted by atomic mass is 32.2. The van der Waals surface area contributed by atoms with Crippen LogP contribution in [0.4, 0.5) is 5.69 Å². The fourth-order valence-corrected chi connectivity index (χ4v) is 4.14. The molecule has 0 radical (unpaired) electrons. The number of anilines is 1. The second-order valence-electron chi connectivity index (χ2n) is 6.98. The van der Waals surface area contributed by atoms with Crippen molar-refractivity contribution < 1.29 is 19.1 Å². The molecule has 0 spiro atoms. The molecule has 160 valence electrons. The minimum atomic E-state index is -0.429. The molecule has 0 saturated carbocycles. The lowest BCUT2D eigenvalue weighted by Crippen LogP contribution is -2.31. The van der Waals surface area contributed by atoms with Gasteiger partial charge in [-0.1, -0.05) is 35.5 Å². The van der Waals surface area contributed by atoms with Crippen LogP contribution in [-0.2, 0) is 9.59 Å². The van der Waals surface area contributed by atoms with Gasteiger partial charge in [0.2, 0.25) is 11.8 Å². The van der Waals surface area contributed by atoms with E-state index in [4.69, 9.17) is 9.47 Å². The zero-order chi connectivity index (χ0) is 22.4. The van der Waals surface area contributed by atoms with Crippen molar-refractivity contribution in [2.75, 3.05) is 25.3 Å². The smallest absolute Gasteiger partial charge is 0.234 e. The average molecular weight is 438 g/mol. The molecule has 1 atom stereocenters. The molecule has 8 heteroatoms. The Morgan fingerprint density at radius 3 is 2.55 bits per heavy atom. The quantitative estimate of drug-likeness (QED) is 0.685. The monoisotopic (exact) mass is 437 g/mol. The number of aryl methyl sites for hydroxylation is 1. The summed E-state index contributed by atoms with van der Waals surface area (Å²) in [6.45, 7) is 1.97. The Bertz CT molecular complexity index is 1060. The Morgan fingerprint density at radius 1 is 1.19 bits per heavy atom. The van der Waals surface area contributed by atoms with Crippen LogP contribution in [0.3, 0.4) is 0 Å². The molecule has 0 aliphatic carbocycles. The van der Waals surface area contributed by atoms with E-state index in [1.54, 1.807) is 19.2 Å². The Labute approximate surface area is 185 Å². The number of thioether (sulfide) groups is 1. The zero-order valence-corrected chi connectivity index (χ0v) is 18.3. The van der Waals surface area contributed by atoms with Crippen LogP contribution in [0.25, 0.3) is 0 Å². The van der Waals surface area contributed by atoms with E-state index < -0.39 is 5.92 Å². The summed E-state index contributed by atoms with van der Waals surface area (Å²) in [6, 6.07) is 15.0. The van der Waals surface area contributed by atoms with Crippen LogP contribution in [0, 0.1) is 18.3 Å². The summed E-state index contributed by atoms with van der Waals surface area (Å²) in [6.07, 6.45) is 0.137. The van der Waals surface area contributed by atoms with Crippen molar-refractivity contribution in [1.82, 2.24) is 5.32 Å². The molecule has 2 aromatic carbocycles. The van der Waals surface area contributed by atoms with E-state index in [2.05, 4.69) is 16.7 Å². The van der Waals surface area contributed by atoms with E-state index in [9.17, 15) is 14.9 Å². The number of benzene rings is 2. The lowest BCUT2D eigenvalue weighted by molar-refractivity contribution is -0.121. The molecule has 3 rings (SSSR count). The van der Waals surface area contributed by atoms with Crippen molar-refractivity contribution in [2.24, 2.45) is 0 Å². The molecule has 7 nitrogen and oxygen atoms in total. The normalized spacial score (nSPS) is 15.7. The Balaban J connectivity index is 1.79. The lowest BCUT2D eigenvalue weighted by atomic mass is 9.87.